The van der Waals surface area contributed by atoms with Gasteiger partial charge in [0, 0.05) is 0 Å². The lowest BCUT2D eigenvalue weighted by Crippen LogP contribution is -2.03. The molecule has 0 radical (unpaired) electrons. The van der Waals surface area contributed by atoms with Gasteiger partial charge in [0.15, 0.2) is 11.5 Å². The number of ether oxygens (including phenoxy) is 1. The molecule has 0 aliphatic carbocycles. The van der Waals surface area contributed by atoms with Crippen molar-refractivity contribution >= 4 is 6.16 Å². The Bertz CT molecular complexity index is 360. The van der Waals surface area contributed by atoms with Crippen LogP contribution in [0, 0.1) is 0 Å². The molecule has 0 aliphatic rings. The van der Waals surface area contributed by atoms with Crippen molar-refractivity contribution in [2.24, 2.45) is 0 Å². The van der Waals surface area contributed by atoms with Gasteiger partial charge in [0.1, 0.15) is 0 Å². The highest BCUT2D eigenvalue weighted by Gasteiger charge is 2.07. The second-order valence-corrected chi connectivity index (χ2v) is 3.63. The van der Waals surface area contributed by atoms with Crippen LogP contribution in [0.25, 0.3) is 0 Å². The van der Waals surface area contributed by atoms with Crippen LogP contribution in [-0.2, 0) is 6.42 Å². The molecule has 0 saturated carbocycles. The fraction of sp³-hybridized carbons (Fsp3) is 0.417. The molecule has 0 heterocycles. The number of hydrogen-bond donors (Lipinski definition) is 2. The molecule has 16 heavy (non-hydrogen) atoms. The van der Waals surface area contributed by atoms with Crippen molar-refractivity contribution in [2.75, 3.05) is 0 Å². The van der Waals surface area contributed by atoms with Crippen LogP contribution < -0.4 is 4.74 Å². The van der Waals surface area contributed by atoms with Gasteiger partial charge in [-0.15, -0.1) is 0 Å². The number of aromatic hydroxyl groups is 1. The molecule has 88 valence electrons. The second kappa shape index (κ2) is 6.00. The first-order valence-electron chi connectivity index (χ1n) is 5.36. The van der Waals surface area contributed by atoms with Gasteiger partial charge in [-0.05, 0) is 30.5 Å². The predicted octanol–water partition coefficient (Wildman–Crippen LogP) is 3.18. The zero-order valence-corrected chi connectivity index (χ0v) is 9.27. The van der Waals surface area contributed by atoms with Gasteiger partial charge in [0.2, 0.25) is 0 Å². The van der Waals surface area contributed by atoms with Gasteiger partial charge >= 0.3 is 6.16 Å². The van der Waals surface area contributed by atoms with E-state index in [0.717, 1.165) is 31.2 Å². The first kappa shape index (κ1) is 12.4. The summed E-state index contributed by atoms with van der Waals surface area (Å²) in [5, 5.41) is 17.9. The minimum absolute atomic E-state index is 0.0215. The summed E-state index contributed by atoms with van der Waals surface area (Å²) in [5.41, 5.74) is 0.990. The Labute approximate surface area is 94.5 Å². The van der Waals surface area contributed by atoms with E-state index in [0.29, 0.717) is 0 Å². The Hall–Kier alpha value is -1.71. The number of phenolic OH excluding ortho intramolecular Hbond substituents is 1. The third kappa shape index (κ3) is 3.81. The van der Waals surface area contributed by atoms with Crippen LogP contribution >= 0.6 is 0 Å². The Morgan fingerprint density at radius 1 is 1.38 bits per heavy atom. The maximum Gasteiger partial charge on any atom is 0.511 e. The molecule has 1 aromatic carbocycles. The van der Waals surface area contributed by atoms with Crippen LogP contribution in [0.4, 0.5) is 4.79 Å². The highest BCUT2D eigenvalue weighted by molar-refractivity contribution is 5.63. The average molecular weight is 224 g/mol. The van der Waals surface area contributed by atoms with E-state index in [2.05, 4.69) is 11.7 Å². The number of carbonyl (C=O) groups is 1. The topological polar surface area (TPSA) is 66.8 Å². The summed E-state index contributed by atoms with van der Waals surface area (Å²) in [7, 11) is 0. The smallest absolute Gasteiger partial charge is 0.504 e. The Morgan fingerprint density at radius 3 is 2.69 bits per heavy atom. The maximum atomic E-state index is 10.3. The van der Waals surface area contributed by atoms with Crippen molar-refractivity contribution in [2.45, 2.75) is 32.6 Å². The number of hydrogen-bond acceptors (Lipinski definition) is 3. The lowest BCUT2D eigenvalue weighted by Gasteiger charge is -2.05. The van der Waals surface area contributed by atoms with E-state index >= 15 is 0 Å². The standard InChI is InChI=1S/C12H16O4/c1-2-3-4-5-9-6-7-11(10(13)8-9)16-12(14)15/h6-8,13H,2-5H2,1H3,(H,14,15). The van der Waals surface area contributed by atoms with Crippen molar-refractivity contribution < 1.29 is 19.7 Å². The highest BCUT2D eigenvalue weighted by atomic mass is 16.7. The molecule has 0 fully saturated rings. The molecule has 1 rings (SSSR count). The van der Waals surface area contributed by atoms with E-state index in [9.17, 15) is 9.90 Å². The van der Waals surface area contributed by atoms with Gasteiger partial charge in [-0.25, -0.2) is 4.79 Å². The third-order valence-electron chi connectivity index (χ3n) is 2.29. The summed E-state index contributed by atoms with van der Waals surface area (Å²) >= 11 is 0. The number of rotatable bonds is 5. The summed E-state index contributed by atoms with van der Waals surface area (Å²) < 4.78 is 4.39. The second-order valence-electron chi connectivity index (χ2n) is 3.63. The van der Waals surface area contributed by atoms with E-state index in [1.54, 1.807) is 12.1 Å². The normalized spacial score (nSPS) is 10.1. The summed E-state index contributed by atoms with van der Waals surface area (Å²) in [4.78, 5) is 10.3. The monoisotopic (exact) mass is 224 g/mol. The van der Waals surface area contributed by atoms with Crippen LogP contribution in [0.15, 0.2) is 18.2 Å². The molecule has 0 spiro atoms. The van der Waals surface area contributed by atoms with Crippen LogP contribution in [0.1, 0.15) is 31.7 Å². The summed E-state index contributed by atoms with van der Waals surface area (Å²) in [6.45, 7) is 2.13. The maximum absolute atomic E-state index is 10.3. The molecule has 0 bridgehead atoms. The molecular weight excluding hydrogens is 208 g/mol. The average Bonchev–Trinajstić information content (AvgIpc) is 2.22. The number of aryl methyl sites for hydroxylation is 1. The van der Waals surface area contributed by atoms with Gasteiger partial charge in [0.25, 0.3) is 0 Å². The number of carboxylic acid groups (broad SMARTS) is 1. The van der Waals surface area contributed by atoms with Crippen LogP contribution in [0.2, 0.25) is 0 Å². The molecule has 0 unspecified atom stereocenters. The van der Waals surface area contributed by atoms with Gasteiger partial charge in [-0.3, -0.25) is 0 Å². The van der Waals surface area contributed by atoms with Crippen molar-refractivity contribution in [1.29, 1.82) is 0 Å². The number of phenols is 1. The van der Waals surface area contributed by atoms with Crippen LogP contribution in [0.5, 0.6) is 11.5 Å². The first-order valence-corrected chi connectivity index (χ1v) is 5.36. The van der Waals surface area contributed by atoms with E-state index in [-0.39, 0.29) is 11.5 Å². The molecule has 0 saturated heterocycles. The van der Waals surface area contributed by atoms with Gasteiger partial charge in [0.05, 0.1) is 0 Å². The quantitative estimate of drug-likeness (QED) is 0.458. The lowest BCUT2D eigenvalue weighted by atomic mass is 10.1. The van der Waals surface area contributed by atoms with E-state index in [1.165, 1.54) is 6.07 Å². The SMILES string of the molecule is CCCCCc1ccc(OC(=O)O)c(O)c1. The van der Waals surface area contributed by atoms with Crippen molar-refractivity contribution in [1.82, 2.24) is 0 Å². The third-order valence-corrected chi connectivity index (χ3v) is 2.29. The molecule has 1 aromatic rings. The van der Waals surface area contributed by atoms with E-state index in [1.807, 2.05) is 0 Å². The zero-order chi connectivity index (χ0) is 12.0. The summed E-state index contributed by atoms with van der Waals surface area (Å²) in [6.07, 6.45) is 2.82. The number of unbranched alkanes of at least 4 members (excludes halogenated alkanes) is 2. The molecule has 0 atom stereocenters. The lowest BCUT2D eigenvalue weighted by molar-refractivity contribution is 0.143. The van der Waals surface area contributed by atoms with Crippen LogP contribution in [-0.4, -0.2) is 16.4 Å². The van der Waals surface area contributed by atoms with Gasteiger partial charge in [-0.1, -0.05) is 25.8 Å². The van der Waals surface area contributed by atoms with E-state index in [4.69, 9.17) is 5.11 Å². The highest BCUT2D eigenvalue weighted by Crippen LogP contribution is 2.27. The molecule has 0 aliphatic heterocycles. The summed E-state index contributed by atoms with van der Waals surface area (Å²) in [6, 6.07) is 4.80. The molecular formula is C12H16O4. The molecule has 0 aromatic heterocycles. The molecule has 0 amide bonds. The Balaban J connectivity index is 2.63. The largest absolute Gasteiger partial charge is 0.511 e. The fourth-order valence-electron chi connectivity index (χ4n) is 1.48. The zero-order valence-electron chi connectivity index (χ0n) is 9.27. The summed E-state index contributed by atoms with van der Waals surface area (Å²) in [5.74, 6) is -0.150. The van der Waals surface area contributed by atoms with Crippen LogP contribution in [0.3, 0.4) is 0 Å². The van der Waals surface area contributed by atoms with Crippen molar-refractivity contribution in [3.63, 3.8) is 0 Å². The minimum atomic E-state index is -1.42. The predicted molar refractivity (Wildman–Crippen MR) is 60.0 cm³/mol. The van der Waals surface area contributed by atoms with Crippen molar-refractivity contribution in [3.8, 4) is 11.5 Å². The van der Waals surface area contributed by atoms with Gasteiger partial charge < -0.3 is 14.9 Å². The van der Waals surface area contributed by atoms with Crippen molar-refractivity contribution in [3.05, 3.63) is 23.8 Å². The fourth-order valence-corrected chi connectivity index (χ4v) is 1.48. The number of benzene rings is 1. The Morgan fingerprint density at radius 2 is 2.12 bits per heavy atom. The molecule has 4 nitrogen and oxygen atoms in total. The minimum Gasteiger partial charge on any atom is -0.504 e. The molecule has 2 N–H and O–H groups in total. The van der Waals surface area contributed by atoms with Gasteiger partial charge in [-0.2, -0.15) is 0 Å². The van der Waals surface area contributed by atoms with E-state index < -0.39 is 6.16 Å². The molecule has 4 heteroatoms. The Kier molecular flexibility index (Phi) is 4.64. The first-order chi connectivity index (χ1) is 7.63.